The van der Waals surface area contributed by atoms with Gasteiger partial charge in [-0.1, -0.05) is 17.7 Å². The summed E-state index contributed by atoms with van der Waals surface area (Å²) in [7, 11) is 0. The van der Waals surface area contributed by atoms with Gasteiger partial charge in [0, 0.05) is 16.7 Å². The molecule has 144 valence electrons. The first-order chi connectivity index (χ1) is 13.3. The van der Waals surface area contributed by atoms with Gasteiger partial charge in [-0.3, -0.25) is 19.8 Å². The molecule has 2 aromatic carbocycles. The zero-order chi connectivity index (χ0) is 20.4. The molecule has 1 saturated heterocycles. The predicted molar refractivity (Wildman–Crippen MR) is 120 cm³/mol. The summed E-state index contributed by atoms with van der Waals surface area (Å²) in [5.41, 5.74) is 0.534. The lowest BCUT2D eigenvalue weighted by Gasteiger charge is -2.29. The molecule has 0 aliphatic carbocycles. The summed E-state index contributed by atoms with van der Waals surface area (Å²) < 4.78 is 5.96. The smallest absolute Gasteiger partial charge is 0.270 e. The van der Waals surface area contributed by atoms with Crippen LogP contribution in [0.3, 0.4) is 0 Å². The molecule has 2 aromatic rings. The van der Waals surface area contributed by atoms with Crippen LogP contribution in [0.5, 0.6) is 11.5 Å². The van der Waals surface area contributed by atoms with Crippen LogP contribution in [0.2, 0.25) is 5.02 Å². The van der Waals surface area contributed by atoms with Gasteiger partial charge in [-0.15, -0.1) is 0 Å². The summed E-state index contributed by atoms with van der Waals surface area (Å²) in [4.78, 5) is 26.7. The molecule has 1 heterocycles. The number of anilines is 1. The quantitative estimate of drug-likeness (QED) is 0.273. The number of nitrogens with zero attached hydrogens (tertiary/aromatic N) is 1. The van der Waals surface area contributed by atoms with Crippen LogP contribution in [-0.2, 0) is 9.59 Å². The highest BCUT2D eigenvalue weighted by molar-refractivity contribution is 14.1. The van der Waals surface area contributed by atoms with Crippen molar-refractivity contribution < 1.29 is 19.4 Å². The Morgan fingerprint density at radius 2 is 2.07 bits per heavy atom. The van der Waals surface area contributed by atoms with Gasteiger partial charge in [0.15, 0.2) is 5.11 Å². The third-order valence-electron chi connectivity index (χ3n) is 3.85. The summed E-state index contributed by atoms with van der Waals surface area (Å²) in [6.45, 7) is 2.32. The van der Waals surface area contributed by atoms with E-state index in [1.165, 1.54) is 17.0 Å². The van der Waals surface area contributed by atoms with E-state index < -0.39 is 11.8 Å². The lowest BCUT2D eigenvalue weighted by molar-refractivity contribution is -0.122. The van der Waals surface area contributed by atoms with E-state index in [4.69, 9.17) is 28.6 Å². The molecule has 0 unspecified atom stereocenters. The maximum atomic E-state index is 13.1. The Balaban J connectivity index is 2.05. The van der Waals surface area contributed by atoms with Crippen LogP contribution in [0.1, 0.15) is 12.5 Å². The van der Waals surface area contributed by atoms with E-state index in [0.29, 0.717) is 26.6 Å². The number of phenolic OH excluding ortho intramolecular Hbond substituents is 1. The van der Waals surface area contributed by atoms with E-state index >= 15 is 0 Å². The molecule has 1 aliphatic heterocycles. The maximum Gasteiger partial charge on any atom is 0.270 e. The lowest BCUT2D eigenvalue weighted by Crippen LogP contribution is -2.54. The zero-order valence-electron chi connectivity index (χ0n) is 14.5. The minimum atomic E-state index is -0.651. The fraction of sp³-hybridized carbons (Fsp3) is 0.105. The van der Waals surface area contributed by atoms with Gasteiger partial charge in [-0.25, -0.2) is 0 Å². The van der Waals surface area contributed by atoms with E-state index in [2.05, 4.69) is 5.32 Å². The Hall–Kier alpha value is -2.17. The maximum absolute atomic E-state index is 13.1. The summed E-state index contributed by atoms with van der Waals surface area (Å²) in [5.74, 6) is -0.769. The van der Waals surface area contributed by atoms with E-state index in [-0.39, 0.29) is 22.0 Å². The number of benzene rings is 2. The van der Waals surface area contributed by atoms with E-state index in [1.54, 1.807) is 30.3 Å². The molecule has 0 bridgehead atoms. The van der Waals surface area contributed by atoms with Gasteiger partial charge in [0.2, 0.25) is 0 Å². The van der Waals surface area contributed by atoms with Crippen molar-refractivity contribution in [2.45, 2.75) is 6.92 Å². The third-order valence-corrected chi connectivity index (χ3v) is 5.17. The van der Waals surface area contributed by atoms with Gasteiger partial charge in [0.1, 0.15) is 17.1 Å². The molecule has 0 saturated carbocycles. The van der Waals surface area contributed by atoms with Crippen LogP contribution < -0.4 is 15.0 Å². The van der Waals surface area contributed by atoms with Crippen molar-refractivity contribution >= 4 is 75.1 Å². The normalized spacial score (nSPS) is 15.8. The Bertz CT molecular complexity index is 1020. The summed E-state index contributed by atoms with van der Waals surface area (Å²) in [6.07, 6.45) is 1.29. The van der Waals surface area contributed by atoms with Crippen molar-refractivity contribution in [3.63, 3.8) is 0 Å². The number of hydrogen-bond acceptors (Lipinski definition) is 5. The summed E-state index contributed by atoms with van der Waals surface area (Å²) in [6, 6.07) is 9.86. The standard InChI is InChI=1S/C19H14ClIN2O4S/c1-2-27-13-5-3-4-12(9-13)23-18(26)14(17(25)22-19(23)28)7-10-6-11(20)8-15(21)16(10)24/h3-9,24H,2H2,1H3,(H,22,25,28)/b14-7-. The molecule has 3 rings (SSSR count). The Kier molecular flexibility index (Phi) is 6.21. The molecule has 9 heteroatoms. The zero-order valence-corrected chi connectivity index (χ0v) is 18.3. The first-order valence-corrected chi connectivity index (χ1v) is 10.0. The largest absolute Gasteiger partial charge is 0.506 e. The number of nitrogens with one attached hydrogen (secondary N) is 1. The average Bonchev–Trinajstić information content (AvgIpc) is 2.63. The number of carbonyl (C=O) groups excluding carboxylic acids is 2. The first-order valence-electron chi connectivity index (χ1n) is 8.14. The SMILES string of the molecule is CCOc1cccc(N2C(=O)/C(=C\c3cc(Cl)cc(I)c3O)C(=O)NC2=S)c1. The van der Waals surface area contributed by atoms with Gasteiger partial charge >= 0.3 is 0 Å². The van der Waals surface area contributed by atoms with Crippen molar-refractivity contribution in [3.8, 4) is 11.5 Å². The number of amides is 2. The average molecular weight is 529 g/mol. The van der Waals surface area contributed by atoms with Crippen molar-refractivity contribution in [2.24, 2.45) is 0 Å². The minimum absolute atomic E-state index is 0.0364. The number of halogens is 2. The monoisotopic (exact) mass is 528 g/mol. The van der Waals surface area contributed by atoms with E-state index in [0.717, 1.165) is 0 Å². The minimum Gasteiger partial charge on any atom is -0.506 e. The number of thiocarbonyl (C=S) groups is 1. The predicted octanol–water partition coefficient (Wildman–Crippen LogP) is 3.88. The number of hydrogen-bond donors (Lipinski definition) is 2. The molecular weight excluding hydrogens is 515 g/mol. The van der Waals surface area contributed by atoms with Crippen molar-refractivity contribution in [1.29, 1.82) is 0 Å². The van der Waals surface area contributed by atoms with Crippen LogP contribution in [0.25, 0.3) is 6.08 Å². The Morgan fingerprint density at radius 1 is 1.32 bits per heavy atom. The second-order valence-corrected chi connectivity index (χ2v) is 7.70. The molecule has 0 spiro atoms. The van der Waals surface area contributed by atoms with Gasteiger partial charge in [-0.2, -0.15) is 0 Å². The molecule has 2 N–H and O–H groups in total. The van der Waals surface area contributed by atoms with Gasteiger partial charge < -0.3 is 9.84 Å². The molecule has 0 aromatic heterocycles. The highest BCUT2D eigenvalue weighted by Crippen LogP contribution is 2.31. The lowest BCUT2D eigenvalue weighted by atomic mass is 10.1. The topological polar surface area (TPSA) is 78.9 Å². The van der Waals surface area contributed by atoms with Gasteiger partial charge in [0.05, 0.1) is 15.9 Å². The van der Waals surface area contributed by atoms with Crippen LogP contribution in [-0.4, -0.2) is 28.6 Å². The number of aromatic hydroxyl groups is 1. The van der Waals surface area contributed by atoms with Crippen LogP contribution in [0.15, 0.2) is 42.0 Å². The number of rotatable bonds is 4. The number of ether oxygens (including phenoxy) is 1. The molecule has 0 radical (unpaired) electrons. The van der Waals surface area contributed by atoms with Crippen molar-refractivity contribution in [2.75, 3.05) is 11.5 Å². The van der Waals surface area contributed by atoms with Crippen molar-refractivity contribution in [3.05, 3.63) is 56.1 Å². The molecule has 28 heavy (non-hydrogen) atoms. The fourth-order valence-corrected chi connectivity index (χ4v) is 3.96. The molecule has 0 atom stereocenters. The van der Waals surface area contributed by atoms with E-state index in [9.17, 15) is 14.7 Å². The van der Waals surface area contributed by atoms with Crippen molar-refractivity contribution in [1.82, 2.24) is 5.32 Å². The molecule has 2 amide bonds. The highest BCUT2D eigenvalue weighted by atomic mass is 127. The van der Waals surface area contributed by atoms with Gasteiger partial charge in [0.25, 0.3) is 11.8 Å². The van der Waals surface area contributed by atoms with Crippen LogP contribution in [0, 0.1) is 3.57 Å². The second-order valence-electron chi connectivity index (χ2n) is 5.71. The first kappa shape index (κ1) is 20.6. The van der Waals surface area contributed by atoms with Crippen LogP contribution in [0.4, 0.5) is 5.69 Å². The molecular formula is C19H14ClIN2O4S. The Labute approximate surface area is 185 Å². The third kappa shape index (κ3) is 4.13. The summed E-state index contributed by atoms with van der Waals surface area (Å²) >= 11 is 13.1. The van der Waals surface area contributed by atoms with E-state index in [1.807, 2.05) is 29.5 Å². The number of carbonyl (C=O) groups is 2. The summed E-state index contributed by atoms with van der Waals surface area (Å²) in [5, 5.41) is 13.1. The van der Waals surface area contributed by atoms with Crippen LogP contribution >= 0.6 is 46.4 Å². The molecule has 1 fully saturated rings. The number of phenols is 1. The highest BCUT2D eigenvalue weighted by Gasteiger charge is 2.34. The second kappa shape index (κ2) is 8.46. The molecule has 1 aliphatic rings. The fourth-order valence-electron chi connectivity index (χ4n) is 2.62. The molecule has 6 nitrogen and oxygen atoms in total. The Morgan fingerprint density at radius 3 is 2.79 bits per heavy atom. The van der Waals surface area contributed by atoms with Gasteiger partial charge in [-0.05, 0) is 72.1 Å².